The molecule has 0 amide bonds. The van der Waals surface area contributed by atoms with E-state index in [4.69, 9.17) is 5.41 Å². The summed E-state index contributed by atoms with van der Waals surface area (Å²) < 4.78 is 0.591. The van der Waals surface area contributed by atoms with Crippen LogP contribution in [-0.2, 0) is 0 Å². The largest absolute Gasteiger partial charge is 0.294 e. The van der Waals surface area contributed by atoms with Crippen molar-refractivity contribution in [1.82, 2.24) is 0 Å². The van der Waals surface area contributed by atoms with Crippen molar-refractivity contribution < 1.29 is 0 Å². The second-order valence-electron chi connectivity index (χ2n) is 1.68. The van der Waals surface area contributed by atoms with Crippen molar-refractivity contribution >= 4 is 26.3 Å². The van der Waals surface area contributed by atoms with Gasteiger partial charge in [-0.2, -0.15) is 0 Å². The van der Waals surface area contributed by atoms with E-state index >= 15 is 0 Å². The molecule has 0 unspecified atom stereocenters. The Morgan fingerprint density at radius 2 is 1.78 bits per heavy atom. The minimum atomic E-state index is 0.591. The van der Waals surface area contributed by atoms with Crippen LogP contribution < -0.4 is 0 Å². The summed E-state index contributed by atoms with van der Waals surface area (Å²) in [5.74, 6) is 0. The van der Waals surface area contributed by atoms with E-state index in [1.165, 1.54) is 0 Å². The molecule has 0 saturated heterocycles. The van der Waals surface area contributed by atoms with Gasteiger partial charge in [0.2, 0.25) is 0 Å². The highest BCUT2D eigenvalue weighted by molar-refractivity contribution is 14.1. The van der Waals surface area contributed by atoms with Gasteiger partial charge in [-0.15, -0.1) is 0 Å². The lowest BCUT2D eigenvalue weighted by Gasteiger charge is -1.91. The zero-order valence-corrected chi connectivity index (χ0v) is 6.92. The van der Waals surface area contributed by atoms with Crippen LogP contribution in [0.15, 0.2) is 30.3 Å². The maximum Gasteiger partial charge on any atom is 0.0992 e. The highest BCUT2D eigenvalue weighted by Crippen LogP contribution is 2.03. The Morgan fingerprint density at radius 1 is 1.22 bits per heavy atom. The molecule has 0 aromatic heterocycles. The first-order valence-corrected chi connectivity index (χ1v) is 3.68. The zero-order chi connectivity index (χ0) is 6.69. The SMILES string of the molecule is N=C(I)c1ccccc1. The van der Waals surface area contributed by atoms with Gasteiger partial charge in [0.1, 0.15) is 0 Å². The van der Waals surface area contributed by atoms with E-state index in [-0.39, 0.29) is 0 Å². The van der Waals surface area contributed by atoms with Gasteiger partial charge in [-0.25, -0.2) is 0 Å². The summed E-state index contributed by atoms with van der Waals surface area (Å²) in [4.78, 5) is 0. The smallest absolute Gasteiger partial charge is 0.0992 e. The van der Waals surface area contributed by atoms with E-state index in [0.717, 1.165) is 5.56 Å². The second kappa shape index (κ2) is 2.96. The molecule has 0 aliphatic heterocycles. The standard InChI is InChI=1S/C7H6IN/c8-7(9)6-4-2-1-3-5-6/h1-5,9H. The molecule has 9 heavy (non-hydrogen) atoms. The molecule has 0 saturated carbocycles. The molecule has 1 aromatic carbocycles. The first-order valence-electron chi connectivity index (χ1n) is 2.60. The van der Waals surface area contributed by atoms with Crippen molar-refractivity contribution in [3.05, 3.63) is 35.9 Å². The summed E-state index contributed by atoms with van der Waals surface area (Å²) in [6.45, 7) is 0. The Kier molecular flexibility index (Phi) is 2.22. The molecule has 0 spiro atoms. The molecule has 0 heterocycles. The average molecular weight is 231 g/mol. The van der Waals surface area contributed by atoms with Crippen LogP contribution in [0.25, 0.3) is 0 Å². The van der Waals surface area contributed by atoms with Gasteiger partial charge in [0.05, 0.1) is 3.72 Å². The van der Waals surface area contributed by atoms with Crippen LogP contribution in [0.3, 0.4) is 0 Å². The summed E-state index contributed by atoms with van der Waals surface area (Å²) in [6, 6.07) is 9.66. The Morgan fingerprint density at radius 3 is 2.11 bits per heavy atom. The fourth-order valence-corrected chi connectivity index (χ4v) is 0.944. The summed E-state index contributed by atoms with van der Waals surface area (Å²) in [6.07, 6.45) is 0. The molecule has 0 aliphatic rings. The second-order valence-corrected chi connectivity index (χ2v) is 2.76. The lowest BCUT2D eigenvalue weighted by atomic mass is 10.2. The van der Waals surface area contributed by atoms with Gasteiger partial charge in [0, 0.05) is 5.56 Å². The van der Waals surface area contributed by atoms with Gasteiger partial charge in [0.25, 0.3) is 0 Å². The molecule has 0 fully saturated rings. The van der Waals surface area contributed by atoms with E-state index < -0.39 is 0 Å². The quantitative estimate of drug-likeness (QED) is 0.567. The van der Waals surface area contributed by atoms with Gasteiger partial charge in [0.15, 0.2) is 0 Å². The van der Waals surface area contributed by atoms with Crippen LogP contribution in [0, 0.1) is 5.41 Å². The predicted octanol–water partition coefficient (Wildman–Crippen LogP) is 2.45. The normalized spacial score (nSPS) is 9.00. The van der Waals surface area contributed by atoms with Gasteiger partial charge in [-0.1, -0.05) is 30.3 Å². The number of rotatable bonds is 1. The van der Waals surface area contributed by atoms with Crippen molar-refractivity contribution in [2.24, 2.45) is 0 Å². The first-order chi connectivity index (χ1) is 4.30. The van der Waals surface area contributed by atoms with Crippen molar-refractivity contribution in [2.75, 3.05) is 0 Å². The summed E-state index contributed by atoms with van der Waals surface area (Å²) >= 11 is 1.99. The van der Waals surface area contributed by atoms with Crippen molar-refractivity contribution in [1.29, 1.82) is 5.41 Å². The fourth-order valence-electron chi connectivity index (χ4n) is 0.584. The van der Waals surface area contributed by atoms with E-state index in [1.807, 2.05) is 52.9 Å². The Hall–Kier alpha value is -0.380. The van der Waals surface area contributed by atoms with Crippen molar-refractivity contribution in [3.63, 3.8) is 0 Å². The first kappa shape index (κ1) is 6.74. The monoisotopic (exact) mass is 231 g/mol. The molecular formula is C7H6IN. The van der Waals surface area contributed by atoms with Crippen LogP contribution in [0.1, 0.15) is 5.56 Å². The maximum absolute atomic E-state index is 7.22. The summed E-state index contributed by atoms with van der Waals surface area (Å²) in [7, 11) is 0. The van der Waals surface area contributed by atoms with Crippen LogP contribution >= 0.6 is 22.6 Å². The van der Waals surface area contributed by atoms with Crippen LogP contribution in [0.4, 0.5) is 0 Å². The number of nitrogens with one attached hydrogen (secondary N) is 1. The van der Waals surface area contributed by atoms with Crippen LogP contribution in [0.2, 0.25) is 0 Å². The van der Waals surface area contributed by atoms with Gasteiger partial charge >= 0.3 is 0 Å². The fraction of sp³-hybridized carbons (Fsp3) is 0. The molecule has 0 bridgehead atoms. The summed E-state index contributed by atoms with van der Waals surface area (Å²) in [5, 5.41) is 7.22. The zero-order valence-electron chi connectivity index (χ0n) is 4.76. The topological polar surface area (TPSA) is 23.9 Å². The molecule has 1 rings (SSSR count). The molecule has 1 N–H and O–H groups in total. The van der Waals surface area contributed by atoms with Crippen molar-refractivity contribution in [3.8, 4) is 0 Å². The van der Waals surface area contributed by atoms with Gasteiger partial charge in [-0.3, -0.25) is 5.41 Å². The highest BCUT2D eigenvalue weighted by Gasteiger charge is 1.90. The Labute approximate surface area is 67.7 Å². The van der Waals surface area contributed by atoms with E-state index in [1.54, 1.807) is 0 Å². The predicted molar refractivity (Wildman–Crippen MR) is 47.3 cm³/mol. The highest BCUT2D eigenvalue weighted by atomic mass is 127. The van der Waals surface area contributed by atoms with Crippen molar-refractivity contribution in [2.45, 2.75) is 0 Å². The molecule has 0 atom stereocenters. The van der Waals surface area contributed by atoms with Gasteiger partial charge in [-0.05, 0) is 22.6 Å². The number of hydrogen-bond donors (Lipinski definition) is 1. The molecule has 2 heteroatoms. The molecule has 0 radical (unpaired) electrons. The van der Waals surface area contributed by atoms with Gasteiger partial charge < -0.3 is 0 Å². The van der Waals surface area contributed by atoms with Crippen LogP contribution in [-0.4, -0.2) is 3.72 Å². The lowest BCUT2D eigenvalue weighted by molar-refractivity contribution is 1.53. The minimum Gasteiger partial charge on any atom is -0.294 e. The molecule has 1 aromatic rings. The van der Waals surface area contributed by atoms with E-state index in [2.05, 4.69) is 0 Å². The lowest BCUT2D eigenvalue weighted by Crippen LogP contribution is -1.83. The maximum atomic E-state index is 7.22. The van der Waals surface area contributed by atoms with Crippen LogP contribution in [0.5, 0.6) is 0 Å². The average Bonchev–Trinajstić information content (AvgIpc) is 1.90. The van der Waals surface area contributed by atoms with E-state index in [0.29, 0.717) is 3.72 Å². The Balaban J connectivity index is 2.98. The third kappa shape index (κ3) is 1.78. The third-order valence-corrected chi connectivity index (χ3v) is 1.65. The number of halogens is 1. The summed E-state index contributed by atoms with van der Waals surface area (Å²) in [5.41, 5.74) is 0.984. The van der Waals surface area contributed by atoms with E-state index in [9.17, 15) is 0 Å². The molecule has 46 valence electrons. The number of hydrogen-bond acceptors (Lipinski definition) is 1. The minimum absolute atomic E-state index is 0.591. The third-order valence-electron chi connectivity index (χ3n) is 1.03. The molecule has 0 aliphatic carbocycles. The molecule has 1 nitrogen and oxygen atoms in total. The Bertz CT molecular complexity index is 205. The molecular weight excluding hydrogens is 225 g/mol. The number of benzene rings is 1.